The van der Waals surface area contributed by atoms with Crippen LogP contribution in [0.25, 0.3) is 0 Å². The molecule has 0 saturated heterocycles. The topological polar surface area (TPSA) is 33.2 Å². The second-order valence-corrected chi connectivity index (χ2v) is 4.45. The van der Waals surface area contributed by atoms with E-state index in [1.807, 2.05) is 13.8 Å². The van der Waals surface area contributed by atoms with E-state index in [1.165, 1.54) is 12.3 Å². The highest BCUT2D eigenvalue weighted by Crippen LogP contribution is 2.20. The minimum atomic E-state index is -0.136. The zero-order chi connectivity index (χ0) is 12.3. The lowest BCUT2D eigenvalue weighted by Gasteiger charge is -2.24. The van der Waals surface area contributed by atoms with Gasteiger partial charge in [0.25, 0.3) is 5.91 Å². The number of rotatable bonds is 3. The molecule has 0 bridgehead atoms. The van der Waals surface area contributed by atoms with Crippen molar-refractivity contribution in [1.82, 2.24) is 9.88 Å². The normalized spacial score (nSPS) is 12.3. The maximum atomic E-state index is 12.1. The van der Waals surface area contributed by atoms with Gasteiger partial charge < -0.3 is 4.90 Å². The van der Waals surface area contributed by atoms with E-state index < -0.39 is 0 Å². The van der Waals surface area contributed by atoms with E-state index >= 15 is 0 Å². The molecule has 1 aromatic rings. The number of aromatic nitrogens is 1. The Morgan fingerprint density at radius 3 is 2.75 bits per heavy atom. The second kappa shape index (κ2) is 5.51. The van der Waals surface area contributed by atoms with E-state index in [-0.39, 0.29) is 17.1 Å². The fourth-order valence-electron chi connectivity index (χ4n) is 1.24. The van der Waals surface area contributed by atoms with Gasteiger partial charge >= 0.3 is 0 Å². The maximum absolute atomic E-state index is 12.1. The van der Waals surface area contributed by atoms with Crippen LogP contribution in [0.2, 0.25) is 10.2 Å². The zero-order valence-electron chi connectivity index (χ0n) is 9.50. The Morgan fingerprint density at radius 1 is 1.56 bits per heavy atom. The first-order valence-corrected chi connectivity index (χ1v) is 5.81. The van der Waals surface area contributed by atoms with E-state index in [4.69, 9.17) is 23.2 Å². The zero-order valence-corrected chi connectivity index (χ0v) is 11.0. The molecule has 0 aliphatic heterocycles. The van der Waals surface area contributed by atoms with Crippen LogP contribution in [-0.4, -0.2) is 28.9 Å². The molecule has 16 heavy (non-hydrogen) atoms. The van der Waals surface area contributed by atoms with Gasteiger partial charge in [0.2, 0.25) is 0 Å². The fourth-order valence-corrected chi connectivity index (χ4v) is 1.58. The van der Waals surface area contributed by atoms with Gasteiger partial charge in [-0.05, 0) is 19.4 Å². The molecule has 0 radical (unpaired) electrons. The Bertz CT molecular complexity index is 396. The highest BCUT2D eigenvalue weighted by Gasteiger charge is 2.19. The van der Waals surface area contributed by atoms with Crippen molar-refractivity contribution in [3.8, 4) is 0 Å². The number of nitrogens with zero attached hydrogens (tertiary/aromatic N) is 2. The molecule has 1 unspecified atom stereocenters. The van der Waals surface area contributed by atoms with Gasteiger partial charge in [0.15, 0.2) is 0 Å². The van der Waals surface area contributed by atoms with Crippen molar-refractivity contribution in [2.75, 3.05) is 7.05 Å². The molecule has 0 aliphatic carbocycles. The van der Waals surface area contributed by atoms with Crippen LogP contribution in [0.5, 0.6) is 0 Å². The van der Waals surface area contributed by atoms with Gasteiger partial charge in [-0.1, -0.05) is 30.1 Å². The molecule has 0 aliphatic rings. The standard InChI is InChI=1S/C11H14Cl2N2O/c1-4-7(2)15(3)11(16)8-5-10(13)14-6-9(8)12/h5-7H,4H2,1-3H3. The van der Waals surface area contributed by atoms with Gasteiger partial charge in [-0.2, -0.15) is 0 Å². The quantitative estimate of drug-likeness (QED) is 0.782. The predicted molar refractivity (Wildman–Crippen MR) is 66.1 cm³/mol. The largest absolute Gasteiger partial charge is 0.339 e. The van der Waals surface area contributed by atoms with Gasteiger partial charge in [0, 0.05) is 19.3 Å². The average Bonchev–Trinajstić information content (AvgIpc) is 2.29. The maximum Gasteiger partial charge on any atom is 0.255 e. The number of halogens is 2. The molecule has 1 aromatic heterocycles. The molecule has 0 aromatic carbocycles. The van der Waals surface area contributed by atoms with Crippen molar-refractivity contribution in [2.24, 2.45) is 0 Å². The van der Waals surface area contributed by atoms with Gasteiger partial charge in [-0.15, -0.1) is 0 Å². The van der Waals surface area contributed by atoms with Crippen molar-refractivity contribution in [3.63, 3.8) is 0 Å². The molecule has 1 rings (SSSR count). The number of carbonyl (C=O) groups excluding carboxylic acids is 1. The summed E-state index contributed by atoms with van der Waals surface area (Å²) in [6.45, 7) is 4.00. The lowest BCUT2D eigenvalue weighted by Crippen LogP contribution is -2.34. The molecule has 0 fully saturated rings. The fraction of sp³-hybridized carbons (Fsp3) is 0.455. The Balaban J connectivity index is 3.00. The van der Waals surface area contributed by atoms with Gasteiger partial charge in [0.1, 0.15) is 5.15 Å². The molecule has 0 saturated carbocycles. The Labute approximate surface area is 105 Å². The van der Waals surface area contributed by atoms with Crippen LogP contribution in [0, 0.1) is 0 Å². The molecular weight excluding hydrogens is 247 g/mol. The average molecular weight is 261 g/mol. The SMILES string of the molecule is CCC(C)N(C)C(=O)c1cc(Cl)ncc1Cl. The molecule has 0 N–H and O–H groups in total. The van der Waals surface area contributed by atoms with Crippen LogP contribution >= 0.6 is 23.2 Å². The lowest BCUT2D eigenvalue weighted by molar-refractivity contribution is 0.0740. The van der Waals surface area contributed by atoms with Crippen LogP contribution < -0.4 is 0 Å². The van der Waals surface area contributed by atoms with E-state index in [0.717, 1.165) is 6.42 Å². The van der Waals surface area contributed by atoms with Gasteiger partial charge in [0.05, 0.1) is 10.6 Å². The Hall–Kier alpha value is -0.800. The summed E-state index contributed by atoms with van der Waals surface area (Å²) in [5, 5.41) is 0.592. The lowest BCUT2D eigenvalue weighted by atomic mass is 10.2. The van der Waals surface area contributed by atoms with Gasteiger partial charge in [-0.3, -0.25) is 4.79 Å². The van der Waals surface area contributed by atoms with Crippen molar-refractivity contribution < 1.29 is 4.79 Å². The van der Waals surface area contributed by atoms with E-state index in [9.17, 15) is 4.79 Å². The van der Waals surface area contributed by atoms with E-state index in [0.29, 0.717) is 10.6 Å². The third kappa shape index (κ3) is 2.86. The van der Waals surface area contributed by atoms with Crippen LogP contribution in [-0.2, 0) is 0 Å². The van der Waals surface area contributed by atoms with Crippen molar-refractivity contribution in [3.05, 3.63) is 28.0 Å². The van der Waals surface area contributed by atoms with Crippen molar-refractivity contribution >= 4 is 29.1 Å². The summed E-state index contributed by atoms with van der Waals surface area (Å²) in [6.07, 6.45) is 2.28. The predicted octanol–water partition coefficient (Wildman–Crippen LogP) is 3.26. The summed E-state index contributed by atoms with van der Waals surface area (Å²) >= 11 is 11.7. The van der Waals surface area contributed by atoms with E-state index in [1.54, 1.807) is 11.9 Å². The minimum Gasteiger partial charge on any atom is -0.339 e. The van der Waals surface area contributed by atoms with Crippen LogP contribution in [0.15, 0.2) is 12.3 Å². The number of amides is 1. The minimum absolute atomic E-state index is 0.136. The molecule has 88 valence electrons. The van der Waals surface area contributed by atoms with Crippen LogP contribution in [0.1, 0.15) is 30.6 Å². The summed E-state index contributed by atoms with van der Waals surface area (Å²) < 4.78 is 0. The summed E-state index contributed by atoms with van der Waals surface area (Å²) in [6, 6.07) is 1.65. The summed E-state index contributed by atoms with van der Waals surface area (Å²) in [4.78, 5) is 17.5. The number of carbonyl (C=O) groups is 1. The molecule has 1 amide bonds. The van der Waals surface area contributed by atoms with Crippen molar-refractivity contribution in [1.29, 1.82) is 0 Å². The Kier molecular flexibility index (Phi) is 4.56. The highest BCUT2D eigenvalue weighted by molar-refractivity contribution is 6.35. The third-order valence-electron chi connectivity index (χ3n) is 2.62. The number of pyridine rings is 1. The summed E-state index contributed by atoms with van der Waals surface area (Å²) in [7, 11) is 1.75. The van der Waals surface area contributed by atoms with Crippen molar-refractivity contribution in [2.45, 2.75) is 26.3 Å². The smallest absolute Gasteiger partial charge is 0.255 e. The van der Waals surface area contributed by atoms with Crippen LogP contribution in [0.4, 0.5) is 0 Å². The summed E-state index contributed by atoms with van der Waals surface area (Å²) in [5.74, 6) is -0.136. The second-order valence-electron chi connectivity index (χ2n) is 3.66. The molecule has 1 atom stereocenters. The molecule has 1 heterocycles. The first-order chi connectivity index (χ1) is 7.47. The number of hydrogen-bond donors (Lipinski definition) is 0. The molecule has 0 spiro atoms. The molecule has 3 nitrogen and oxygen atoms in total. The third-order valence-corrected chi connectivity index (χ3v) is 3.13. The van der Waals surface area contributed by atoms with E-state index in [2.05, 4.69) is 4.98 Å². The monoisotopic (exact) mass is 260 g/mol. The number of hydrogen-bond acceptors (Lipinski definition) is 2. The Morgan fingerprint density at radius 2 is 2.19 bits per heavy atom. The molecule has 5 heteroatoms. The first kappa shape index (κ1) is 13.3. The van der Waals surface area contributed by atoms with Gasteiger partial charge in [-0.25, -0.2) is 4.98 Å². The summed E-state index contributed by atoms with van der Waals surface area (Å²) in [5.41, 5.74) is 0.393. The van der Waals surface area contributed by atoms with Crippen LogP contribution in [0.3, 0.4) is 0 Å². The molecular formula is C11H14Cl2N2O. The highest BCUT2D eigenvalue weighted by atomic mass is 35.5. The first-order valence-electron chi connectivity index (χ1n) is 5.05.